The first-order valence-electron chi connectivity index (χ1n) is 5.75. The van der Waals surface area contributed by atoms with E-state index < -0.39 is 0 Å². The summed E-state index contributed by atoms with van der Waals surface area (Å²) < 4.78 is 6.39. The van der Waals surface area contributed by atoms with Crippen molar-refractivity contribution >= 4 is 33.8 Å². The normalized spacial score (nSPS) is 11.2. The van der Waals surface area contributed by atoms with Crippen molar-refractivity contribution in [1.29, 1.82) is 0 Å². The van der Waals surface area contributed by atoms with E-state index in [1.807, 2.05) is 0 Å². The van der Waals surface area contributed by atoms with Crippen molar-refractivity contribution in [3.05, 3.63) is 45.9 Å². The van der Waals surface area contributed by atoms with E-state index in [0.717, 1.165) is 16.0 Å². The Morgan fingerprint density at radius 3 is 3.00 bits per heavy atom. The average molecular weight is 276 g/mol. The van der Waals surface area contributed by atoms with Crippen LogP contribution in [0.25, 0.3) is 10.2 Å². The Bertz CT molecular complexity index is 744. The number of benzene rings is 1. The zero-order valence-corrected chi connectivity index (χ0v) is 11.9. The summed E-state index contributed by atoms with van der Waals surface area (Å²) >= 11 is 6.79. The maximum atomic E-state index is 5.16. The van der Waals surface area contributed by atoms with Crippen LogP contribution < -0.4 is 4.57 Å². The molecular formula is C13H14N3S2+. The van der Waals surface area contributed by atoms with Gasteiger partial charge >= 0.3 is 0 Å². The highest BCUT2D eigenvalue weighted by Crippen LogP contribution is 2.20. The summed E-state index contributed by atoms with van der Waals surface area (Å²) in [6.07, 6.45) is 4.27. The average Bonchev–Trinajstić information content (AvgIpc) is 2.81. The highest BCUT2D eigenvalue weighted by Gasteiger charge is 2.07. The van der Waals surface area contributed by atoms with Crippen LogP contribution in [-0.4, -0.2) is 9.55 Å². The lowest BCUT2D eigenvalue weighted by Gasteiger charge is -1.97. The lowest BCUT2D eigenvalue weighted by molar-refractivity contribution is -0.687. The van der Waals surface area contributed by atoms with Crippen LogP contribution in [0.2, 0.25) is 0 Å². The lowest BCUT2D eigenvalue weighted by atomic mass is 10.2. The van der Waals surface area contributed by atoms with Crippen LogP contribution in [0.1, 0.15) is 11.3 Å². The SMILES string of the molecule is Cc1c[n+](Cc2ccc3[nH]c(=S)sc3c2)cn1C. The molecule has 0 bridgehead atoms. The largest absolute Gasteiger partial charge is 0.337 e. The summed E-state index contributed by atoms with van der Waals surface area (Å²) in [6.45, 7) is 3.00. The topological polar surface area (TPSA) is 24.6 Å². The molecule has 0 spiro atoms. The molecular weight excluding hydrogens is 262 g/mol. The van der Waals surface area contributed by atoms with E-state index in [-0.39, 0.29) is 0 Å². The van der Waals surface area contributed by atoms with E-state index in [1.165, 1.54) is 16.0 Å². The van der Waals surface area contributed by atoms with Crippen LogP contribution in [0.15, 0.2) is 30.7 Å². The molecule has 3 rings (SSSR count). The molecule has 0 saturated carbocycles. The van der Waals surface area contributed by atoms with Gasteiger partial charge in [-0.15, -0.1) is 11.3 Å². The Hall–Kier alpha value is -1.46. The molecule has 2 heterocycles. The van der Waals surface area contributed by atoms with E-state index in [1.54, 1.807) is 11.3 Å². The van der Waals surface area contributed by atoms with Gasteiger partial charge in [0, 0.05) is 6.92 Å². The third-order valence-electron chi connectivity index (χ3n) is 3.08. The maximum absolute atomic E-state index is 5.16. The van der Waals surface area contributed by atoms with Gasteiger partial charge in [-0.2, -0.15) is 0 Å². The molecule has 1 aromatic carbocycles. The van der Waals surface area contributed by atoms with Crippen molar-refractivity contribution in [2.24, 2.45) is 7.05 Å². The van der Waals surface area contributed by atoms with Gasteiger partial charge in [0.25, 0.3) is 0 Å². The van der Waals surface area contributed by atoms with Gasteiger partial charge in [-0.1, -0.05) is 6.07 Å². The second kappa shape index (κ2) is 4.33. The standard InChI is InChI=1S/C13H13N3S2/c1-9-6-16(8-15(9)2)7-10-3-4-11-12(5-10)18-13(17)14-11/h3-6,8H,7H2,1-2H3/p+1. The number of fused-ring (bicyclic) bond motifs is 1. The number of imidazole rings is 1. The van der Waals surface area contributed by atoms with E-state index in [4.69, 9.17) is 12.2 Å². The molecule has 2 aromatic heterocycles. The van der Waals surface area contributed by atoms with Crippen LogP contribution in [0, 0.1) is 10.9 Å². The predicted octanol–water partition coefficient (Wildman–Crippen LogP) is 2.94. The second-order valence-electron chi connectivity index (χ2n) is 4.51. The molecule has 1 N–H and O–H groups in total. The Balaban J connectivity index is 1.96. The van der Waals surface area contributed by atoms with Gasteiger partial charge in [-0.05, 0) is 29.9 Å². The Kier molecular flexibility index (Phi) is 2.80. The number of H-pyrrole nitrogens is 1. The molecule has 92 valence electrons. The van der Waals surface area contributed by atoms with Crippen molar-refractivity contribution in [2.45, 2.75) is 13.5 Å². The molecule has 0 saturated heterocycles. The Morgan fingerprint density at radius 2 is 2.28 bits per heavy atom. The van der Waals surface area contributed by atoms with Crippen LogP contribution in [0.3, 0.4) is 0 Å². The van der Waals surface area contributed by atoms with Gasteiger partial charge in [-0.25, -0.2) is 9.13 Å². The first-order chi connectivity index (χ1) is 8.61. The van der Waals surface area contributed by atoms with Gasteiger partial charge in [0.15, 0.2) is 3.95 Å². The Labute approximate surface area is 114 Å². The summed E-state index contributed by atoms with van der Waals surface area (Å²) in [5.74, 6) is 0. The summed E-state index contributed by atoms with van der Waals surface area (Å²) in [4.78, 5) is 3.19. The number of nitrogens with one attached hydrogen (secondary N) is 1. The molecule has 18 heavy (non-hydrogen) atoms. The van der Waals surface area contributed by atoms with Crippen LogP contribution in [0.5, 0.6) is 0 Å². The molecule has 0 unspecified atom stereocenters. The highest BCUT2D eigenvalue weighted by atomic mass is 32.1. The molecule has 0 aliphatic carbocycles. The maximum Gasteiger partial charge on any atom is 0.244 e. The van der Waals surface area contributed by atoms with Crippen LogP contribution >= 0.6 is 23.6 Å². The minimum atomic E-state index is 0.838. The molecule has 3 nitrogen and oxygen atoms in total. The van der Waals surface area contributed by atoms with Gasteiger partial charge < -0.3 is 4.98 Å². The number of nitrogens with zero attached hydrogens (tertiary/aromatic N) is 2. The van der Waals surface area contributed by atoms with Crippen molar-refractivity contribution in [3.8, 4) is 0 Å². The monoisotopic (exact) mass is 276 g/mol. The minimum Gasteiger partial charge on any atom is -0.337 e. The lowest BCUT2D eigenvalue weighted by Crippen LogP contribution is -2.31. The first-order valence-corrected chi connectivity index (χ1v) is 6.98. The van der Waals surface area contributed by atoms with Crippen molar-refractivity contribution in [3.63, 3.8) is 0 Å². The molecule has 0 fully saturated rings. The fraction of sp³-hybridized carbons (Fsp3) is 0.231. The van der Waals surface area contributed by atoms with E-state index in [9.17, 15) is 0 Å². The number of hydrogen-bond acceptors (Lipinski definition) is 2. The number of rotatable bonds is 2. The summed E-state index contributed by atoms with van der Waals surface area (Å²) in [5, 5.41) is 0. The smallest absolute Gasteiger partial charge is 0.244 e. The second-order valence-corrected chi connectivity index (χ2v) is 6.23. The van der Waals surface area contributed by atoms with Gasteiger partial charge in [0.05, 0.1) is 17.3 Å². The van der Waals surface area contributed by atoms with E-state index in [2.05, 4.69) is 58.8 Å². The number of hydrogen-bond donors (Lipinski definition) is 1. The predicted molar refractivity (Wildman–Crippen MR) is 76.5 cm³/mol. The Morgan fingerprint density at radius 1 is 1.44 bits per heavy atom. The quantitative estimate of drug-likeness (QED) is 0.565. The zero-order valence-electron chi connectivity index (χ0n) is 10.3. The van der Waals surface area contributed by atoms with E-state index in [0.29, 0.717) is 0 Å². The minimum absolute atomic E-state index is 0.838. The van der Waals surface area contributed by atoms with Crippen LogP contribution in [0.4, 0.5) is 0 Å². The number of aromatic nitrogens is 3. The highest BCUT2D eigenvalue weighted by molar-refractivity contribution is 7.73. The van der Waals surface area contributed by atoms with E-state index >= 15 is 0 Å². The van der Waals surface area contributed by atoms with Crippen molar-refractivity contribution in [2.75, 3.05) is 0 Å². The third kappa shape index (κ3) is 2.11. The molecule has 0 aliphatic heterocycles. The number of thiazole rings is 1. The van der Waals surface area contributed by atoms with Gasteiger partial charge in [0.2, 0.25) is 6.33 Å². The summed E-state index contributed by atoms with van der Waals surface area (Å²) in [5.41, 5.74) is 3.68. The number of aryl methyl sites for hydroxylation is 2. The molecule has 0 aliphatic rings. The summed E-state index contributed by atoms with van der Waals surface area (Å²) in [7, 11) is 2.06. The zero-order chi connectivity index (χ0) is 12.7. The van der Waals surface area contributed by atoms with Crippen LogP contribution in [-0.2, 0) is 13.6 Å². The van der Waals surface area contributed by atoms with Gasteiger partial charge in [0.1, 0.15) is 18.4 Å². The fourth-order valence-electron chi connectivity index (χ4n) is 2.06. The summed E-state index contributed by atoms with van der Waals surface area (Å²) in [6, 6.07) is 6.46. The van der Waals surface area contributed by atoms with Crippen molar-refractivity contribution < 1.29 is 4.57 Å². The molecule has 0 atom stereocenters. The van der Waals surface area contributed by atoms with Gasteiger partial charge in [-0.3, -0.25) is 0 Å². The molecule has 5 heteroatoms. The molecule has 3 aromatic rings. The number of aromatic amines is 1. The first kappa shape index (κ1) is 11.6. The fourth-order valence-corrected chi connectivity index (χ4v) is 3.24. The molecule has 0 amide bonds. The van der Waals surface area contributed by atoms with Crippen molar-refractivity contribution in [1.82, 2.24) is 9.55 Å². The third-order valence-corrected chi connectivity index (χ3v) is 4.28. The molecule has 0 radical (unpaired) electrons.